The first kappa shape index (κ1) is 14.8. The Labute approximate surface area is 120 Å². The third-order valence-corrected chi connectivity index (χ3v) is 4.00. The highest BCUT2D eigenvalue weighted by molar-refractivity contribution is 5.85. The molecule has 0 saturated heterocycles. The van der Waals surface area contributed by atoms with Crippen molar-refractivity contribution in [2.45, 2.75) is 44.7 Å². The van der Waals surface area contributed by atoms with Gasteiger partial charge in [-0.15, -0.1) is 0 Å². The molecular formula is C17H23NO2. The van der Waals surface area contributed by atoms with Crippen LogP contribution in [0.15, 0.2) is 30.3 Å². The van der Waals surface area contributed by atoms with Crippen molar-refractivity contribution < 1.29 is 9.90 Å². The van der Waals surface area contributed by atoms with E-state index in [0.717, 1.165) is 12.1 Å². The topological polar surface area (TPSA) is 40.5 Å². The summed E-state index contributed by atoms with van der Waals surface area (Å²) in [6.45, 7) is 0.930. The molecule has 0 heterocycles. The summed E-state index contributed by atoms with van der Waals surface area (Å²) in [7, 11) is 2.19. The van der Waals surface area contributed by atoms with Crippen LogP contribution in [-0.4, -0.2) is 29.1 Å². The molecule has 1 aliphatic rings. The molecule has 0 aliphatic heterocycles. The lowest BCUT2D eigenvalue weighted by atomic mass is 9.94. The van der Waals surface area contributed by atoms with E-state index in [-0.39, 0.29) is 0 Å². The van der Waals surface area contributed by atoms with Gasteiger partial charge in [-0.2, -0.15) is 0 Å². The standard InChI is InChI=1S/C17H23NO2/c1-18(16-8-3-2-4-9-16)13-15-7-5-6-14(12-15)10-11-17(19)20/h5-7,10-12,16H,2-4,8-9,13H2,1H3,(H,19,20). The normalized spacial score (nSPS) is 16.9. The quantitative estimate of drug-likeness (QED) is 0.834. The first-order valence-corrected chi connectivity index (χ1v) is 7.35. The van der Waals surface area contributed by atoms with Crippen LogP contribution in [0, 0.1) is 0 Å². The molecule has 1 N–H and O–H groups in total. The average molecular weight is 273 g/mol. The van der Waals surface area contributed by atoms with E-state index in [1.54, 1.807) is 6.08 Å². The lowest BCUT2D eigenvalue weighted by Crippen LogP contribution is -2.32. The maximum absolute atomic E-state index is 10.5. The zero-order chi connectivity index (χ0) is 14.4. The van der Waals surface area contributed by atoms with Gasteiger partial charge in [-0.05, 0) is 37.1 Å². The van der Waals surface area contributed by atoms with E-state index in [1.165, 1.54) is 43.7 Å². The first-order valence-electron chi connectivity index (χ1n) is 7.35. The predicted octanol–water partition coefficient (Wildman–Crippen LogP) is 3.55. The van der Waals surface area contributed by atoms with E-state index in [4.69, 9.17) is 5.11 Å². The van der Waals surface area contributed by atoms with Gasteiger partial charge in [0.15, 0.2) is 0 Å². The molecular weight excluding hydrogens is 250 g/mol. The summed E-state index contributed by atoms with van der Waals surface area (Å²) in [5.41, 5.74) is 2.19. The molecule has 1 aromatic carbocycles. The largest absolute Gasteiger partial charge is 0.478 e. The summed E-state index contributed by atoms with van der Waals surface area (Å²) < 4.78 is 0. The molecule has 3 heteroatoms. The number of nitrogens with zero attached hydrogens (tertiary/aromatic N) is 1. The molecule has 0 atom stereocenters. The zero-order valence-electron chi connectivity index (χ0n) is 12.1. The zero-order valence-corrected chi connectivity index (χ0v) is 12.1. The predicted molar refractivity (Wildman–Crippen MR) is 81.5 cm³/mol. The van der Waals surface area contributed by atoms with Gasteiger partial charge in [-0.3, -0.25) is 4.90 Å². The highest BCUT2D eigenvalue weighted by Crippen LogP contribution is 2.23. The van der Waals surface area contributed by atoms with Crippen molar-refractivity contribution in [3.63, 3.8) is 0 Å². The molecule has 1 fully saturated rings. The summed E-state index contributed by atoms with van der Waals surface area (Å²) in [4.78, 5) is 13.0. The van der Waals surface area contributed by atoms with Crippen molar-refractivity contribution in [2.24, 2.45) is 0 Å². The molecule has 0 amide bonds. The van der Waals surface area contributed by atoms with E-state index in [0.29, 0.717) is 6.04 Å². The van der Waals surface area contributed by atoms with Crippen LogP contribution in [0.5, 0.6) is 0 Å². The minimum Gasteiger partial charge on any atom is -0.478 e. The van der Waals surface area contributed by atoms with Crippen molar-refractivity contribution >= 4 is 12.0 Å². The second-order valence-corrected chi connectivity index (χ2v) is 5.62. The van der Waals surface area contributed by atoms with Crippen LogP contribution in [0.4, 0.5) is 0 Å². The Bertz CT molecular complexity index is 476. The summed E-state index contributed by atoms with van der Waals surface area (Å²) in [6.07, 6.45) is 9.49. The molecule has 1 aliphatic carbocycles. The Balaban J connectivity index is 1.98. The van der Waals surface area contributed by atoms with Gasteiger partial charge in [0.25, 0.3) is 0 Å². The smallest absolute Gasteiger partial charge is 0.328 e. The number of carbonyl (C=O) groups is 1. The van der Waals surface area contributed by atoms with Gasteiger partial charge in [0.2, 0.25) is 0 Å². The molecule has 1 aromatic rings. The number of aliphatic carboxylic acids is 1. The van der Waals surface area contributed by atoms with Crippen LogP contribution in [0.25, 0.3) is 6.08 Å². The van der Waals surface area contributed by atoms with Crippen LogP contribution < -0.4 is 0 Å². The summed E-state index contributed by atoms with van der Waals surface area (Å²) in [5, 5.41) is 8.66. The molecule has 0 bridgehead atoms. The Kier molecular flexibility index (Phi) is 5.36. The van der Waals surface area contributed by atoms with Crippen molar-refractivity contribution in [1.29, 1.82) is 0 Å². The molecule has 3 nitrogen and oxygen atoms in total. The van der Waals surface area contributed by atoms with Crippen LogP contribution in [0.1, 0.15) is 43.2 Å². The number of hydrogen-bond acceptors (Lipinski definition) is 2. The fourth-order valence-corrected chi connectivity index (χ4v) is 2.90. The monoisotopic (exact) mass is 273 g/mol. The molecule has 0 radical (unpaired) electrons. The van der Waals surface area contributed by atoms with E-state index >= 15 is 0 Å². The average Bonchev–Trinajstić information content (AvgIpc) is 2.46. The van der Waals surface area contributed by atoms with Crippen molar-refractivity contribution in [2.75, 3.05) is 7.05 Å². The Morgan fingerprint density at radius 2 is 2.10 bits per heavy atom. The highest BCUT2D eigenvalue weighted by atomic mass is 16.4. The number of benzene rings is 1. The number of hydrogen-bond donors (Lipinski definition) is 1. The van der Waals surface area contributed by atoms with Crippen LogP contribution in [0.3, 0.4) is 0 Å². The van der Waals surface area contributed by atoms with Gasteiger partial charge >= 0.3 is 5.97 Å². The van der Waals surface area contributed by atoms with Gasteiger partial charge in [0.05, 0.1) is 0 Å². The molecule has 20 heavy (non-hydrogen) atoms. The number of carboxylic acid groups (broad SMARTS) is 1. The highest BCUT2D eigenvalue weighted by Gasteiger charge is 2.17. The van der Waals surface area contributed by atoms with Crippen LogP contribution >= 0.6 is 0 Å². The van der Waals surface area contributed by atoms with Crippen molar-refractivity contribution in [3.05, 3.63) is 41.5 Å². The van der Waals surface area contributed by atoms with Crippen molar-refractivity contribution in [1.82, 2.24) is 4.90 Å². The molecule has 0 aromatic heterocycles. The Morgan fingerprint density at radius 3 is 2.80 bits per heavy atom. The molecule has 1 saturated carbocycles. The van der Waals surface area contributed by atoms with E-state index in [9.17, 15) is 4.79 Å². The van der Waals surface area contributed by atoms with Gasteiger partial charge < -0.3 is 5.11 Å². The van der Waals surface area contributed by atoms with Crippen LogP contribution in [0.2, 0.25) is 0 Å². The fourth-order valence-electron chi connectivity index (χ4n) is 2.90. The van der Waals surface area contributed by atoms with Crippen LogP contribution in [-0.2, 0) is 11.3 Å². The third-order valence-electron chi connectivity index (χ3n) is 4.00. The van der Waals surface area contributed by atoms with E-state index < -0.39 is 5.97 Å². The number of rotatable bonds is 5. The second kappa shape index (κ2) is 7.25. The molecule has 0 unspecified atom stereocenters. The molecule has 108 valence electrons. The number of carboxylic acids is 1. The first-order chi connectivity index (χ1) is 9.65. The summed E-state index contributed by atoms with van der Waals surface area (Å²) in [5.74, 6) is -0.908. The van der Waals surface area contributed by atoms with Crippen molar-refractivity contribution in [3.8, 4) is 0 Å². The third kappa shape index (κ3) is 4.49. The molecule has 0 spiro atoms. The van der Waals surface area contributed by atoms with E-state index in [1.807, 2.05) is 12.1 Å². The lowest BCUT2D eigenvalue weighted by molar-refractivity contribution is -0.131. The maximum atomic E-state index is 10.5. The van der Waals surface area contributed by atoms with Gasteiger partial charge in [0, 0.05) is 18.7 Å². The van der Waals surface area contributed by atoms with E-state index in [2.05, 4.69) is 24.1 Å². The minimum atomic E-state index is -0.908. The fraction of sp³-hybridized carbons (Fsp3) is 0.471. The SMILES string of the molecule is CN(Cc1cccc(C=CC(=O)O)c1)C1CCCCC1. The van der Waals surface area contributed by atoms with Gasteiger partial charge in [-0.1, -0.05) is 43.5 Å². The molecule has 2 rings (SSSR count). The lowest BCUT2D eigenvalue weighted by Gasteiger charge is -2.31. The van der Waals surface area contributed by atoms with Gasteiger partial charge in [0.1, 0.15) is 0 Å². The summed E-state index contributed by atoms with van der Waals surface area (Å²) in [6, 6.07) is 8.80. The summed E-state index contributed by atoms with van der Waals surface area (Å²) >= 11 is 0. The Morgan fingerprint density at radius 1 is 1.35 bits per heavy atom. The van der Waals surface area contributed by atoms with Gasteiger partial charge in [-0.25, -0.2) is 4.79 Å². The minimum absolute atomic E-state index is 0.696. The Hall–Kier alpha value is -1.61. The maximum Gasteiger partial charge on any atom is 0.328 e. The second-order valence-electron chi connectivity index (χ2n) is 5.62.